The van der Waals surface area contributed by atoms with E-state index in [1.54, 1.807) is 7.11 Å². The van der Waals surface area contributed by atoms with Crippen molar-refractivity contribution < 1.29 is 4.74 Å². The van der Waals surface area contributed by atoms with Gasteiger partial charge in [0.25, 0.3) is 0 Å². The lowest BCUT2D eigenvalue weighted by molar-refractivity contribution is 0.152. The van der Waals surface area contributed by atoms with Gasteiger partial charge in [0.1, 0.15) is 0 Å². The van der Waals surface area contributed by atoms with Crippen LogP contribution in [0.5, 0.6) is 0 Å². The topological polar surface area (TPSA) is 24.5 Å². The van der Waals surface area contributed by atoms with Crippen LogP contribution in [0.4, 0.5) is 0 Å². The molecule has 1 aliphatic carbocycles. The fourth-order valence-electron chi connectivity index (χ4n) is 2.21. The van der Waals surface area contributed by atoms with Crippen LogP contribution >= 0.6 is 0 Å². The quantitative estimate of drug-likeness (QED) is 0.650. The van der Waals surface area contributed by atoms with Crippen molar-refractivity contribution in [2.75, 3.05) is 33.4 Å². The van der Waals surface area contributed by atoms with Crippen molar-refractivity contribution in [3.63, 3.8) is 0 Å². The number of likely N-dealkylation sites (N-methyl/N-ethyl adjacent to an activating group) is 1. The summed E-state index contributed by atoms with van der Waals surface area (Å²) in [6.45, 7) is 11.0. The van der Waals surface area contributed by atoms with Crippen LogP contribution in [0.2, 0.25) is 0 Å². The largest absolute Gasteiger partial charge is 0.383 e. The summed E-state index contributed by atoms with van der Waals surface area (Å²) in [4.78, 5) is 2.49. The van der Waals surface area contributed by atoms with Crippen molar-refractivity contribution in [1.82, 2.24) is 10.2 Å². The molecule has 0 radical (unpaired) electrons. The third-order valence-corrected chi connectivity index (χ3v) is 3.48. The Morgan fingerprint density at radius 2 is 2.06 bits per heavy atom. The zero-order valence-corrected chi connectivity index (χ0v) is 11.3. The van der Waals surface area contributed by atoms with Crippen LogP contribution < -0.4 is 5.32 Å². The molecule has 16 heavy (non-hydrogen) atoms. The monoisotopic (exact) mass is 228 g/mol. The second kappa shape index (κ2) is 7.25. The van der Waals surface area contributed by atoms with Crippen LogP contribution in [0.1, 0.15) is 33.6 Å². The van der Waals surface area contributed by atoms with Gasteiger partial charge in [-0.2, -0.15) is 0 Å². The number of methoxy groups -OCH3 is 1. The molecule has 0 aromatic carbocycles. The van der Waals surface area contributed by atoms with E-state index in [1.807, 2.05) is 0 Å². The predicted octanol–water partition coefficient (Wildman–Crippen LogP) is 1.73. The zero-order valence-electron chi connectivity index (χ0n) is 11.3. The Hall–Kier alpha value is -0.120. The fraction of sp³-hybridized carbons (Fsp3) is 1.00. The van der Waals surface area contributed by atoms with Gasteiger partial charge < -0.3 is 10.1 Å². The highest BCUT2D eigenvalue weighted by Gasteiger charge is 2.30. The standard InChI is InChI=1S/C13H28N2O/c1-5-15(11(2)3)9-8-14-13(10-16-4)12-6-7-12/h11-14H,5-10H2,1-4H3. The molecule has 0 aliphatic heterocycles. The minimum absolute atomic E-state index is 0.580. The minimum Gasteiger partial charge on any atom is -0.383 e. The Morgan fingerprint density at radius 3 is 2.50 bits per heavy atom. The molecule has 96 valence electrons. The molecule has 1 unspecified atom stereocenters. The first-order chi connectivity index (χ1) is 7.69. The molecule has 1 N–H and O–H groups in total. The molecule has 3 nitrogen and oxygen atoms in total. The molecule has 0 amide bonds. The van der Waals surface area contributed by atoms with Crippen molar-refractivity contribution in [1.29, 1.82) is 0 Å². The fourth-order valence-corrected chi connectivity index (χ4v) is 2.21. The third-order valence-electron chi connectivity index (χ3n) is 3.48. The first kappa shape index (κ1) is 13.9. The molecule has 0 bridgehead atoms. The second-order valence-electron chi connectivity index (χ2n) is 5.08. The first-order valence-electron chi connectivity index (χ1n) is 6.65. The Kier molecular flexibility index (Phi) is 6.32. The maximum atomic E-state index is 5.26. The number of nitrogens with one attached hydrogen (secondary N) is 1. The van der Waals surface area contributed by atoms with Gasteiger partial charge in [-0.05, 0) is 39.2 Å². The number of rotatable bonds is 9. The summed E-state index contributed by atoms with van der Waals surface area (Å²) in [5.41, 5.74) is 0. The summed E-state index contributed by atoms with van der Waals surface area (Å²) < 4.78 is 5.26. The van der Waals surface area contributed by atoms with E-state index in [1.165, 1.54) is 12.8 Å². The minimum atomic E-state index is 0.580. The average molecular weight is 228 g/mol. The summed E-state index contributed by atoms with van der Waals surface area (Å²) in [7, 11) is 1.80. The van der Waals surface area contributed by atoms with Crippen LogP contribution in [0, 0.1) is 5.92 Å². The van der Waals surface area contributed by atoms with E-state index in [2.05, 4.69) is 31.0 Å². The van der Waals surface area contributed by atoms with Gasteiger partial charge in [-0.1, -0.05) is 6.92 Å². The number of ether oxygens (including phenoxy) is 1. The summed E-state index contributed by atoms with van der Waals surface area (Å²) in [6, 6.07) is 1.23. The summed E-state index contributed by atoms with van der Waals surface area (Å²) >= 11 is 0. The highest BCUT2D eigenvalue weighted by molar-refractivity contribution is 4.86. The maximum Gasteiger partial charge on any atom is 0.0618 e. The van der Waals surface area contributed by atoms with Crippen molar-refractivity contribution >= 4 is 0 Å². The van der Waals surface area contributed by atoms with Gasteiger partial charge in [0.05, 0.1) is 6.61 Å². The Morgan fingerprint density at radius 1 is 1.38 bits per heavy atom. The Balaban J connectivity index is 2.16. The Bertz CT molecular complexity index is 181. The highest BCUT2D eigenvalue weighted by atomic mass is 16.5. The molecule has 3 heteroatoms. The third kappa shape index (κ3) is 4.81. The van der Waals surface area contributed by atoms with E-state index < -0.39 is 0 Å². The van der Waals surface area contributed by atoms with E-state index in [9.17, 15) is 0 Å². The lowest BCUT2D eigenvalue weighted by Crippen LogP contribution is -2.42. The van der Waals surface area contributed by atoms with Crippen LogP contribution in [-0.2, 0) is 4.74 Å². The van der Waals surface area contributed by atoms with E-state index in [-0.39, 0.29) is 0 Å². The molecule has 1 saturated carbocycles. The van der Waals surface area contributed by atoms with Crippen LogP contribution in [0.3, 0.4) is 0 Å². The van der Waals surface area contributed by atoms with Gasteiger partial charge in [-0.3, -0.25) is 4.90 Å². The highest BCUT2D eigenvalue weighted by Crippen LogP contribution is 2.32. The predicted molar refractivity (Wildman–Crippen MR) is 68.8 cm³/mol. The van der Waals surface area contributed by atoms with E-state index in [0.717, 1.165) is 32.2 Å². The molecule has 0 heterocycles. The molecule has 0 saturated heterocycles. The van der Waals surface area contributed by atoms with Crippen LogP contribution in [0.25, 0.3) is 0 Å². The van der Waals surface area contributed by atoms with Crippen molar-refractivity contribution in [2.24, 2.45) is 5.92 Å². The normalized spacial score (nSPS) is 18.4. The molecule has 1 aliphatic rings. The van der Waals surface area contributed by atoms with Gasteiger partial charge in [0.2, 0.25) is 0 Å². The smallest absolute Gasteiger partial charge is 0.0618 e. The second-order valence-corrected chi connectivity index (χ2v) is 5.08. The van der Waals surface area contributed by atoms with Gasteiger partial charge in [0.15, 0.2) is 0 Å². The number of hydrogen-bond acceptors (Lipinski definition) is 3. The molecule has 0 aromatic rings. The SMILES string of the molecule is CCN(CCNC(COC)C1CC1)C(C)C. The molecule has 0 aromatic heterocycles. The molecule has 1 fully saturated rings. The van der Waals surface area contributed by atoms with Crippen molar-refractivity contribution in [3.05, 3.63) is 0 Å². The van der Waals surface area contributed by atoms with Gasteiger partial charge in [0, 0.05) is 32.3 Å². The summed E-state index contributed by atoms with van der Waals surface area (Å²) in [5.74, 6) is 0.870. The van der Waals surface area contributed by atoms with Crippen LogP contribution in [-0.4, -0.2) is 50.3 Å². The molecular weight excluding hydrogens is 200 g/mol. The molecule has 1 rings (SSSR count). The maximum absolute atomic E-state index is 5.26. The number of hydrogen-bond donors (Lipinski definition) is 1. The van der Waals surface area contributed by atoms with Gasteiger partial charge in [-0.25, -0.2) is 0 Å². The summed E-state index contributed by atoms with van der Waals surface area (Å²) in [5, 5.41) is 3.64. The van der Waals surface area contributed by atoms with Crippen LogP contribution in [0.15, 0.2) is 0 Å². The Labute approximate surface area is 101 Å². The molecular formula is C13H28N2O. The molecule has 0 spiro atoms. The van der Waals surface area contributed by atoms with E-state index in [0.29, 0.717) is 12.1 Å². The van der Waals surface area contributed by atoms with Gasteiger partial charge in [-0.15, -0.1) is 0 Å². The van der Waals surface area contributed by atoms with Crippen molar-refractivity contribution in [2.45, 2.75) is 45.7 Å². The van der Waals surface area contributed by atoms with Crippen molar-refractivity contribution in [3.8, 4) is 0 Å². The van der Waals surface area contributed by atoms with E-state index in [4.69, 9.17) is 4.74 Å². The molecule has 1 atom stereocenters. The van der Waals surface area contributed by atoms with E-state index >= 15 is 0 Å². The summed E-state index contributed by atoms with van der Waals surface area (Å²) in [6.07, 6.45) is 2.76. The lowest BCUT2D eigenvalue weighted by Gasteiger charge is -2.26. The zero-order chi connectivity index (χ0) is 12.0. The lowest BCUT2D eigenvalue weighted by atomic mass is 10.2. The van der Waals surface area contributed by atoms with Gasteiger partial charge >= 0.3 is 0 Å². The first-order valence-corrected chi connectivity index (χ1v) is 6.65. The number of nitrogens with zero attached hydrogens (tertiary/aromatic N) is 1. The average Bonchev–Trinajstić information content (AvgIpc) is 3.06.